The van der Waals surface area contributed by atoms with Crippen LogP contribution in [0.3, 0.4) is 0 Å². The Morgan fingerprint density at radius 3 is 2.56 bits per heavy atom. The van der Waals surface area contributed by atoms with Crippen molar-refractivity contribution in [3.8, 4) is 5.75 Å². The van der Waals surface area contributed by atoms with Crippen molar-refractivity contribution in [3.05, 3.63) is 71.4 Å². The molecule has 2 aliphatic heterocycles. The zero-order chi connectivity index (χ0) is 22.5. The van der Waals surface area contributed by atoms with Crippen molar-refractivity contribution in [2.45, 2.75) is 6.54 Å². The number of hydrogen-bond donors (Lipinski definition) is 1. The number of carbonyl (C=O) groups is 3. The quantitative estimate of drug-likeness (QED) is 0.684. The van der Waals surface area contributed by atoms with E-state index in [1.54, 1.807) is 18.1 Å². The second kappa shape index (κ2) is 9.69. The molecule has 1 fully saturated rings. The molecule has 0 saturated carbocycles. The number of benzene rings is 2. The number of amidine groups is 1. The van der Waals surface area contributed by atoms with Gasteiger partial charge in [-0.3, -0.25) is 19.4 Å². The van der Waals surface area contributed by atoms with Crippen molar-refractivity contribution in [3.63, 3.8) is 0 Å². The van der Waals surface area contributed by atoms with Crippen molar-refractivity contribution < 1.29 is 19.1 Å². The van der Waals surface area contributed by atoms with E-state index in [1.807, 2.05) is 54.6 Å². The van der Waals surface area contributed by atoms with Crippen LogP contribution in [0.4, 0.5) is 4.79 Å². The molecule has 4 amide bonds. The van der Waals surface area contributed by atoms with Gasteiger partial charge in [0, 0.05) is 13.1 Å². The monoisotopic (exact) mass is 450 g/mol. The number of hydrogen-bond acceptors (Lipinski definition) is 6. The van der Waals surface area contributed by atoms with Gasteiger partial charge in [-0.1, -0.05) is 54.2 Å². The van der Waals surface area contributed by atoms with Crippen LogP contribution in [-0.2, 0) is 16.1 Å². The summed E-state index contributed by atoms with van der Waals surface area (Å²) in [7, 11) is 1.59. The largest absolute Gasteiger partial charge is 0.497 e. The number of ether oxygens (including phenoxy) is 1. The fraction of sp³-hybridized carbons (Fsp3) is 0.217. The maximum atomic E-state index is 13.1. The highest BCUT2D eigenvalue weighted by Crippen LogP contribution is 2.26. The topological polar surface area (TPSA) is 91.3 Å². The van der Waals surface area contributed by atoms with Gasteiger partial charge in [0.1, 0.15) is 11.4 Å². The van der Waals surface area contributed by atoms with Gasteiger partial charge in [-0.15, -0.1) is 0 Å². The lowest BCUT2D eigenvalue weighted by Crippen LogP contribution is -2.36. The van der Waals surface area contributed by atoms with E-state index in [2.05, 4.69) is 10.3 Å². The molecule has 0 bridgehead atoms. The third-order valence-electron chi connectivity index (χ3n) is 5.00. The summed E-state index contributed by atoms with van der Waals surface area (Å²) in [6.45, 7) is 1.13. The number of aliphatic imine (C=N–C) groups is 1. The second-order valence-electron chi connectivity index (χ2n) is 7.14. The predicted octanol–water partition coefficient (Wildman–Crippen LogP) is 2.72. The van der Waals surface area contributed by atoms with E-state index in [0.717, 1.165) is 28.6 Å². The molecule has 0 spiro atoms. The van der Waals surface area contributed by atoms with Crippen LogP contribution >= 0.6 is 11.8 Å². The van der Waals surface area contributed by atoms with Gasteiger partial charge in [-0.25, -0.2) is 9.79 Å². The van der Waals surface area contributed by atoms with E-state index in [4.69, 9.17) is 4.74 Å². The average molecular weight is 451 g/mol. The number of nitrogens with one attached hydrogen (secondary N) is 1. The van der Waals surface area contributed by atoms with E-state index < -0.39 is 0 Å². The van der Waals surface area contributed by atoms with Gasteiger partial charge in [0.25, 0.3) is 5.91 Å². The minimum Gasteiger partial charge on any atom is -0.497 e. The molecule has 1 saturated heterocycles. The predicted molar refractivity (Wildman–Crippen MR) is 123 cm³/mol. The molecule has 0 aliphatic carbocycles. The first-order chi connectivity index (χ1) is 15.5. The maximum Gasteiger partial charge on any atom is 0.324 e. The maximum absolute atomic E-state index is 13.1. The van der Waals surface area contributed by atoms with E-state index >= 15 is 0 Å². The van der Waals surface area contributed by atoms with Gasteiger partial charge in [0.15, 0.2) is 5.17 Å². The highest BCUT2D eigenvalue weighted by Gasteiger charge is 2.32. The van der Waals surface area contributed by atoms with Crippen molar-refractivity contribution in [2.24, 2.45) is 4.99 Å². The SMILES string of the molecule is COc1ccc(/C=C2/N=C(SCC(=O)N3CCNC3=O)N(Cc3ccccc3)C2=O)cc1. The molecule has 0 atom stereocenters. The zero-order valence-corrected chi connectivity index (χ0v) is 18.3. The second-order valence-corrected chi connectivity index (χ2v) is 8.08. The normalized spacial score (nSPS) is 17.0. The Morgan fingerprint density at radius 1 is 1.16 bits per heavy atom. The molecule has 9 heteroatoms. The van der Waals surface area contributed by atoms with Crippen LogP contribution in [0.25, 0.3) is 6.08 Å². The van der Waals surface area contributed by atoms with Gasteiger partial charge in [-0.2, -0.15) is 0 Å². The number of imide groups is 1. The van der Waals surface area contributed by atoms with Crippen molar-refractivity contribution in [1.82, 2.24) is 15.1 Å². The molecular formula is C23H22N4O4S. The first-order valence-electron chi connectivity index (χ1n) is 10.1. The summed E-state index contributed by atoms with van der Waals surface area (Å²) in [5.74, 6) is 0.187. The number of nitrogens with zero attached hydrogens (tertiary/aromatic N) is 3. The van der Waals surface area contributed by atoms with E-state index in [1.165, 1.54) is 4.90 Å². The Balaban J connectivity index is 1.55. The van der Waals surface area contributed by atoms with E-state index in [9.17, 15) is 14.4 Å². The zero-order valence-electron chi connectivity index (χ0n) is 17.5. The fourth-order valence-electron chi connectivity index (χ4n) is 3.32. The smallest absolute Gasteiger partial charge is 0.324 e. The molecule has 164 valence electrons. The molecule has 2 aromatic rings. The molecule has 0 unspecified atom stereocenters. The molecule has 8 nitrogen and oxygen atoms in total. The minimum absolute atomic E-state index is 0.0145. The minimum atomic E-state index is -0.388. The fourth-order valence-corrected chi connectivity index (χ4v) is 4.19. The van der Waals surface area contributed by atoms with Crippen LogP contribution in [0.5, 0.6) is 5.75 Å². The number of urea groups is 1. The third kappa shape index (κ3) is 4.83. The van der Waals surface area contributed by atoms with Gasteiger partial charge < -0.3 is 10.1 Å². The van der Waals surface area contributed by atoms with Gasteiger partial charge in [-0.05, 0) is 29.3 Å². The lowest BCUT2D eigenvalue weighted by molar-refractivity contribution is -0.125. The summed E-state index contributed by atoms with van der Waals surface area (Å²) >= 11 is 1.16. The summed E-state index contributed by atoms with van der Waals surface area (Å²) in [4.78, 5) is 44.6. The van der Waals surface area contributed by atoms with Crippen molar-refractivity contribution in [2.75, 3.05) is 26.0 Å². The highest BCUT2D eigenvalue weighted by atomic mass is 32.2. The van der Waals surface area contributed by atoms with Gasteiger partial charge in [0.05, 0.1) is 19.4 Å². The standard InChI is InChI=1S/C23H22N4O4S/c1-31-18-9-7-16(8-10-18)13-19-21(29)27(14-17-5-3-2-4-6-17)23(25-19)32-15-20(28)26-12-11-24-22(26)30/h2-10,13H,11-12,14-15H2,1H3,(H,24,30)/b19-13+. The van der Waals surface area contributed by atoms with Crippen molar-refractivity contribution >= 4 is 40.9 Å². The first-order valence-corrected chi connectivity index (χ1v) is 11.0. The highest BCUT2D eigenvalue weighted by molar-refractivity contribution is 8.14. The summed E-state index contributed by atoms with van der Waals surface area (Å²) in [6, 6.07) is 16.5. The molecule has 4 rings (SSSR count). The first kappa shape index (κ1) is 21.6. The Morgan fingerprint density at radius 2 is 1.91 bits per heavy atom. The number of rotatable bonds is 6. The summed E-state index contributed by atoms with van der Waals surface area (Å²) in [5, 5.41) is 3.05. The lowest BCUT2D eigenvalue weighted by atomic mass is 10.1. The molecule has 0 aromatic heterocycles. The van der Waals surface area contributed by atoms with Crippen LogP contribution in [-0.4, -0.2) is 58.8 Å². The number of amides is 4. The summed E-state index contributed by atoms with van der Waals surface area (Å²) < 4.78 is 5.17. The molecule has 2 aliphatic rings. The average Bonchev–Trinajstić information content (AvgIpc) is 3.37. The third-order valence-corrected chi connectivity index (χ3v) is 5.96. The molecule has 2 heterocycles. The molecule has 0 radical (unpaired) electrons. The Bertz CT molecular complexity index is 1080. The number of carbonyl (C=O) groups excluding carboxylic acids is 3. The molecule has 1 N–H and O–H groups in total. The van der Waals surface area contributed by atoms with Crippen LogP contribution in [0.15, 0.2) is 65.3 Å². The van der Waals surface area contributed by atoms with Crippen LogP contribution in [0.2, 0.25) is 0 Å². The van der Waals surface area contributed by atoms with Crippen molar-refractivity contribution in [1.29, 1.82) is 0 Å². The summed E-state index contributed by atoms with van der Waals surface area (Å²) in [5.41, 5.74) is 2.05. The van der Waals surface area contributed by atoms with E-state index in [0.29, 0.717) is 30.5 Å². The van der Waals surface area contributed by atoms with Gasteiger partial charge in [0.2, 0.25) is 5.91 Å². The number of thioether (sulfide) groups is 1. The molecule has 32 heavy (non-hydrogen) atoms. The lowest BCUT2D eigenvalue weighted by Gasteiger charge is -2.18. The van der Waals surface area contributed by atoms with Crippen LogP contribution < -0.4 is 10.1 Å². The Kier molecular flexibility index (Phi) is 6.55. The van der Waals surface area contributed by atoms with Crippen LogP contribution in [0.1, 0.15) is 11.1 Å². The molecule has 2 aromatic carbocycles. The van der Waals surface area contributed by atoms with Crippen LogP contribution in [0, 0.1) is 0 Å². The Labute approximate surface area is 189 Å². The van der Waals surface area contributed by atoms with E-state index in [-0.39, 0.29) is 23.6 Å². The Hall–Kier alpha value is -3.59. The summed E-state index contributed by atoms with van der Waals surface area (Å²) in [6.07, 6.45) is 1.71. The number of methoxy groups -OCH3 is 1. The molecular weight excluding hydrogens is 428 g/mol. The van der Waals surface area contributed by atoms with Gasteiger partial charge >= 0.3 is 6.03 Å².